The Balaban J connectivity index is 1.50. The Kier molecular flexibility index (Phi) is 7.04. The molecule has 1 amide bonds. The van der Waals surface area contributed by atoms with Crippen LogP contribution in [0.25, 0.3) is 0 Å². The number of piperazine rings is 1. The van der Waals surface area contributed by atoms with Gasteiger partial charge in [0, 0.05) is 31.9 Å². The van der Waals surface area contributed by atoms with Crippen LogP contribution in [0.3, 0.4) is 0 Å². The average molecular weight is 439 g/mol. The average Bonchev–Trinajstić information content (AvgIpc) is 2.69. The highest BCUT2D eigenvalue weighted by molar-refractivity contribution is 7.99. The van der Waals surface area contributed by atoms with E-state index in [-0.39, 0.29) is 28.9 Å². The lowest BCUT2D eigenvalue weighted by atomic mass is 10.2. The Hall–Kier alpha value is -1.54. The first-order valence-electron chi connectivity index (χ1n) is 9.03. The van der Waals surface area contributed by atoms with E-state index in [2.05, 4.69) is 24.3 Å². The molecule has 0 saturated carbocycles. The second-order valence-electron chi connectivity index (χ2n) is 6.69. The molecule has 150 valence electrons. The van der Waals surface area contributed by atoms with Crippen molar-refractivity contribution in [2.75, 3.05) is 31.9 Å². The number of rotatable bonds is 6. The van der Waals surface area contributed by atoms with Crippen LogP contribution in [-0.2, 0) is 20.6 Å². The molecule has 1 aliphatic heterocycles. The molecule has 0 unspecified atom stereocenters. The van der Waals surface area contributed by atoms with Crippen LogP contribution in [0.2, 0.25) is 5.02 Å². The summed E-state index contributed by atoms with van der Waals surface area (Å²) in [5, 5.41) is 0.216. The monoisotopic (exact) mass is 438 g/mol. The number of thioether (sulfide) groups is 1. The van der Waals surface area contributed by atoms with Gasteiger partial charge in [0.1, 0.15) is 4.90 Å². The van der Waals surface area contributed by atoms with Crippen molar-refractivity contribution in [2.45, 2.75) is 17.6 Å². The second-order valence-corrected chi connectivity index (χ2v) is 9.99. The van der Waals surface area contributed by atoms with E-state index in [0.717, 1.165) is 5.75 Å². The minimum absolute atomic E-state index is 0.0481. The first-order valence-corrected chi connectivity index (χ1v) is 12.0. The molecule has 5 nitrogen and oxygen atoms in total. The van der Waals surface area contributed by atoms with Gasteiger partial charge in [-0.25, -0.2) is 8.42 Å². The SMILES string of the molecule is Cc1ccc(CSCC(=O)N2CCN(S(=O)(=O)c3ccccc3Cl)CC2)cc1. The molecule has 1 saturated heterocycles. The van der Waals surface area contributed by atoms with E-state index in [9.17, 15) is 13.2 Å². The zero-order valence-electron chi connectivity index (χ0n) is 15.7. The standard InChI is InChI=1S/C20H23ClN2O3S2/c1-16-6-8-17(9-7-16)14-27-15-20(24)22-10-12-23(13-11-22)28(25,26)19-5-3-2-4-18(19)21/h2-9H,10-15H2,1H3. The number of halogens is 1. The van der Waals surface area contributed by atoms with Crippen LogP contribution in [0.4, 0.5) is 0 Å². The molecule has 2 aromatic carbocycles. The molecule has 0 bridgehead atoms. The zero-order valence-corrected chi connectivity index (χ0v) is 18.1. The van der Waals surface area contributed by atoms with Crippen molar-refractivity contribution in [1.82, 2.24) is 9.21 Å². The molecule has 0 aromatic heterocycles. The summed E-state index contributed by atoms with van der Waals surface area (Å²) in [6.07, 6.45) is 0. The fraction of sp³-hybridized carbons (Fsp3) is 0.350. The maximum atomic E-state index is 12.8. The fourth-order valence-corrected chi connectivity index (χ4v) is 5.81. The van der Waals surface area contributed by atoms with Gasteiger partial charge in [-0.1, -0.05) is 53.6 Å². The molecule has 0 N–H and O–H groups in total. The first-order chi connectivity index (χ1) is 13.4. The van der Waals surface area contributed by atoms with E-state index in [1.165, 1.54) is 21.5 Å². The Labute approximate surface area is 175 Å². The number of aryl methyl sites for hydroxylation is 1. The van der Waals surface area contributed by atoms with Gasteiger partial charge in [0.25, 0.3) is 0 Å². The Bertz CT molecular complexity index is 925. The molecule has 1 aliphatic rings. The third-order valence-corrected chi connectivity index (χ3v) is 8.05. The van der Waals surface area contributed by atoms with Crippen molar-refractivity contribution in [1.29, 1.82) is 0 Å². The third-order valence-electron chi connectivity index (χ3n) is 4.66. The van der Waals surface area contributed by atoms with Gasteiger partial charge in [-0.15, -0.1) is 11.8 Å². The summed E-state index contributed by atoms with van der Waals surface area (Å²) in [6.45, 7) is 3.40. The maximum Gasteiger partial charge on any atom is 0.244 e. The van der Waals surface area contributed by atoms with E-state index in [1.807, 2.05) is 6.92 Å². The Morgan fingerprint density at radius 3 is 2.32 bits per heavy atom. The maximum absolute atomic E-state index is 12.8. The summed E-state index contributed by atoms with van der Waals surface area (Å²) >= 11 is 7.63. The van der Waals surface area contributed by atoms with E-state index in [1.54, 1.807) is 34.9 Å². The molecule has 0 atom stereocenters. The van der Waals surface area contributed by atoms with Gasteiger partial charge in [0.05, 0.1) is 10.8 Å². The molecule has 3 rings (SSSR count). The van der Waals surface area contributed by atoms with Crippen LogP contribution < -0.4 is 0 Å². The van der Waals surface area contributed by atoms with Gasteiger partial charge in [-0.3, -0.25) is 4.79 Å². The van der Waals surface area contributed by atoms with E-state index >= 15 is 0 Å². The van der Waals surface area contributed by atoms with Crippen molar-refractivity contribution in [3.63, 3.8) is 0 Å². The molecular formula is C20H23ClN2O3S2. The quantitative estimate of drug-likeness (QED) is 0.693. The zero-order chi connectivity index (χ0) is 20.1. The first kappa shape index (κ1) is 21.2. The number of hydrogen-bond donors (Lipinski definition) is 0. The number of amides is 1. The summed E-state index contributed by atoms with van der Waals surface area (Å²) in [6, 6.07) is 14.7. The van der Waals surface area contributed by atoms with Crippen molar-refractivity contribution < 1.29 is 13.2 Å². The number of sulfonamides is 1. The van der Waals surface area contributed by atoms with Crippen molar-refractivity contribution in [3.8, 4) is 0 Å². The van der Waals surface area contributed by atoms with Crippen LogP contribution in [0, 0.1) is 6.92 Å². The predicted octanol–water partition coefficient (Wildman–Crippen LogP) is 3.41. The van der Waals surface area contributed by atoms with Crippen molar-refractivity contribution in [2.24, 2.45) is 0 Å². The van der Waals surface area contributed by atoms with E-state index in [4.69, 9.17) is 11.6 Å². The number of carbonyl (C=O) groups excluding carboxylic acids is 1. The third kappa shape index (κ3) is 5.08. The molecular weight excluding hydrogens is 416 g/mol. The van der Waals surface area contributed by atoms with Gasteiger partial charge in [-0.05, 0) is 24.6 Å². The normalized spacial score (nSPS) is 15.6. The van der Waals surface area contributed by atoms with Crippen LogP contribution in [0.15, 0.2) is 53.4 Å². The summed E-state index contributed by atoms with van der Waals surface area (Å²) in [5.74, 6) is 1.23. The van der Waals surface area contributed by atoms with Crippen molar-refractivity contribution in [3.05, 3.63) is 64.7 Å². The summed E-state index contributed by atoms with van der Waals surface area (Å²) in [5.41, 5.74) is 2.41. The summed E-state index contributed by atoms with van der Waals surface area (Å²) in [7, 11) is -3.64. The topological polar surface area (TPSA) is 57.7 Å². The molecule has 0 spiro atoms. The van der Waals surface area contributed by atoms with Gasteiger partial charge >= 0.3 is 0 Å². The Morgan fingerprint density at radius 2 is 1.68 bits per heavy atom. The predicted molar refractivity (Wildman–Crippen MR) is 114 cm³/mol. The van der Waals surface area contributed by atoms with Gasteiger partial charge < -0.3 is 4.90 Å². The summed E-state index contributed by atoms with van der Waals surface area (Å²) in [4.78, 5) is 14.3. The van der Waals surface area contributed by atoms with E-state index < -0.39 is 10.0 Å². The lowest BCUT2D eigenvalue weighted by molar-refractivity contribution is -0.129. The van der Waals surface area contributed by atoms with E-state index in [0.29, 0.717) is 18.8 Å². The highest BCUT2D eigenvalue weighted by Crippen LogP contribution is 2.25. The molecule has 0 aliphatic carbocycles. The van der Waals surface area contributed by atoms with Crippen LogP contribution >= 0.6 is 23.4 Å². The molecule has 28 heavy (non-hydrogen) atoms. The van der Waals surface area contributed by atoms with Crippen LogP contribution in [0.1, 0.15) is 11.1 Å². The number of nitrogens with zero attached hydrogens (tertiary/aromatic N) is 2. The van der Waals surface area contributed by atoms with Crippen LogP contribution in [-0.4, -0.2) is 55.5 Å². The number of carbonyl (C=O) groups is 1. The minimum atomic E-state index is -3.64. The van der Waals surface area contributed by atoms with Gasteiger partial charge in [0.15, 0.2) is 0 Å². The molecule has 8 heteroatoms. The number of benzene rings is 2. The van der Waals surface area contributed by atoms with Crippen molar-refractivity contribution >= 4 is 39.3 Å². The van der Waals surface area contributed by atoms with Gasteiger partial charge in [0.2, 0.25) is 15.9 Å². The highest BCUT2D eigenvalue weighted by Gasteiger charge is 2.31. The van der Waals surface area contributed by atoms with Crippen LogP contribution in [0.5, 0.6) is 0 Å². The fourth-order valence-electron chi connectivity index (χ4n) is 3.00. The Morgan fingerprint density at radius 1 is 1.04 bits per heavy atom. The van der Waals surface area contributed by atoms with Gasteiger partial charge in [-0.2, -0.15) is 4.31 Å². The molecule has 1 heterocycles. The lowest BCUT2D eigenvalue weighted by Crippen LogP contribution is -2.51. The molecule has 2 aromatic rings. The largest absolute Gasteiger partial charge is 0.339 e. The molecule has 1 fully saturated rings. The molecule has 0 radical (unpaired) electrons. The smallest absolute Gasteiger partial charge is 0.244 e. The lowest BCUT2D eigenvalue weighted by Gasteiger charge is -2.34. The minimum Gasteiger partial charge on any atom is -0.339 e. The summed E-state index contributed by atoms with van der Waals surface area (Å²) < 4.78 is 26.9. The number of hydrogen-bond acceptors (Lipinski definition) is 4. The second kappa shape index (κ2) is 9.31. The highest BCUT2D eigenvalue weighted by atomic mass is 35.5.